The van der Waals surface area contributed by atoms with E-state index in [1.807, 2.05) is 20.8 Å². The number of ether oxygens (including phenoxy) is 2. The second-order valence-electron chi connectivity index (χ2n) is 9.34. The van der Waals surface area contributed by atoms with Crippen LogP contribution in [0.3, 0.4) is 0 Å². The predicted octanol–water partition coefficient (Wildman–Crippen LogP) is 3.56. The number of sulfonamides is 1. The van der Waals surface area contributed by atoms with Crippen LogP contribution in [0.1, 0.15) is 47.8 Å². The number of anilines is 1. The van der Waals surface area contributed by atoms with Crippen molar-refractivity contribution in [3.8, 4) is 11.5 Å². The minimum absolute atomic E-state index is 0.0754. The van der Waals surface area contributed by atoms with Gasteiger partial charge in [0, 0.05) is 19.2 Å². The molecule has 0 radical (unpaired) electrons. The van der Waals surface area contributed by atoms with Crippen molar-refractivity contribution in [1.29, 1.82) is 5.41 Å². The Bertz CT molecular complexity index is 1270. The minimum Gasteiger partial charge on any atom is -0.493 e. The molecular formula is C24H30FN3O5S. The number of benzene rings is 2. The van der Waals surface area contributed by atoms with Crippen LogP contribution in [0.4, 0.5) is 10.1 Å². The highest BCUT2D eigenvalue weighted by molar-refractivity contribution is 7.92. The normalized spacial score (nSPS) is 13.6. The minimum atomic E-state index is -3.53. The molecule has 2 aromatic rings. The fourth-order valence-corrected chi connectivity index (χ4v) is 4.29. The van der Waals surface area contributed by atoms with Crippen LogP contribution in [0, 0.1) is 11.2 Å². The Kier molecular flexibility index (Phi) is 6.67. The third kappa shape index (κ3) is 4.72. The number of ketones is 1. The first-order chi connectivity index (χ1) is 15.7. The molecule has 1 N–H and O–H groups in total. The third-order valence-electron chi connectivity index (χ3n) is 5.91. The summed E-state index contributed by atoms with van der Waals surface area (Å²) in [6, 6.07) is 6.62. The average molecular weight is 492 g/mol. The Labute approximate surface area is 199 Å². The van der Waals surface area contributed by atoms with Crippen molar-refractivity contribution in [3.05, 3.63) is 52.3 Å². The van der Waals surface area contributed by atoms with E-state index in [-0.39, 0.29) is 47.2 Å². The summed E-state index contributed by atoms with van der Waals surface area (Å²) in [5.74, 6) is -1.02. The van der Waals surface area contributed by atoms with Gasteiger partial charge in [0.05, 0.1) is 38.3 Å². The summed E-state index contributed by atoms with van der Waals surface area (Å²) in [5.41, 5.74) is 1.75. The lowest BCUT2D eigenvalue weighted by atomic mass is 9.85. The molecule has 34 heavy (non-hydrogen) atoms. The van der Waals surface area contributed by atoms with Crippen molar-refractivity contribution in [3.63, 3.8) is 0 Å². The smallest absolute Gasteiger partial charge is 0.231 e. The quantitative estimate of drug-likeness (QED) is 0.595. The second kappa shape index (κ2) is 8.90. The van der Waals surface area contributed by atoms with Crippen molar-refractivity contribution >= 4 is 27.3 Å². The number of carbonyl (C=O) groups excluding carboxylic acids is 1. The fraction of sp³-hybridized carbons (Fsp3) is 0.417. The summed E-state index contributed by atoms with van der Waals surface area (Å²) in [5, 5.41) is 8.47. The van der Waals surface area contributed by atoms with E-state index >= 15 is 4.39 Å². The Morgan fingerprint density at radius 3 is 2.35 bits per heavy atom. The van der Waals surface area contributed by atoms with Gasteiger partial charge in [-0.1, -0.05) is 20.8 Å². The molecule has 0 saturated heterocycles. The first-order valence-corrected chi connectivity index (χ1v) is 12.4. The van der Waals surface area contributed by atoms with E-state index in [9.17, 15) is 13.2 Å². The van der Waals surface area contributed by atoms with Gasteiger partial charge >= 0.3 is 0 Å². The van der Waals surface area contributed by atoms with E-state index in [0.29, 0.717) is 16.8 Å². The number of amidine groups is 1. The number of methoxy groups -OCH3 is 2. The molecular weight excluding hydrogens is 461 g/mol. The van der Waals surface area contributed by atoms with E-state index in [0.717, 1.165) is 16.1 Å². The van der Waals surface area contributed by atoms with E-state index < -0.39 is 15.8 Å². The van der Waals surface area contributed by atoms with Crippen molar-refractivity contribution < 1.29 is 27.1 Å². The Morgan fingerprint density at radius 2 is 1.82 bits per heavy atom. The zero-order valence-electron chi connectivity index (χ0n) is 20.4. The molecule has 0 amide bonds. The molecule has 3 rings (SSSR count). The van der Waals surface area contributed by atoms with Crippen molar-refractivity contribution in [2.75, 3.05) is 38.4 Å². The van der Waals surface area contributed by atoms with E-state index in [1.165, 1.54) is 32.2 Å². The van der Waals surface area contributed by atoms with E-state index in [2.05, 4.69) is 0 Å². The second-order valence-corrected chi connectivity index (χ2v) is 11.4. The molecule has 0 bridgehead atoms. The van der Waals surface area contributed by atoms with Crippen molar-refractivity contribution in [2.45, 2.75) is 32.7 Å². The number of hydrogen-bond acceptors (Lipinski definition) is 6. The lowest BCUT2D eigenvalue weighted by Gasteiger charge is -2.25. The lowest BCUT2D eigenvalue weighted by Crippen LogP contribution is -2.31. The van der Waals surface area contributed by atoms with Crippen LogP contribution >= 0.6 is 0 Å². The number of nitrogens with one attached hydrogen (secondary N) is 1. The van der Waals surface area contributed by atoms with Gasteiger partial charge < -0.3 is 14.4 Å². The summed E-state index contributed by atoms with van der Waals surface area (Å²) in [6.07, 6.45) is 1.10. The largest absolute Gasteiger partial charge is 0.493 e. The maximum atomic E-state index is 15.0. The zero-order valence-corrected chi connectivity index (χ0v) is 21.3. The van der Waals surface area contributed by atoms with Gasteiger partial charge in [0.15, 0.2) is 23.1 Å². The molecule has 0 aliphatic carbocycles. The first-order valence-electron chi connectivity index (χ1n) is 10.6. The van der Waals surface area contributed by atoms with Gasteiger partial charge in [0.1, 0.15) is 5.84 Å². The SMILES string of the molecule is COc1cc2c(c(F)c1OC)C(=N)N(CC(=O)c1cc(N(C)S(C)(=O)=O)cc(C(C)(C)C)c1)C2. The molecule has 0 atom stereocenters. The first kappa shape index (κ1) is 25.5. The molecule has 0 unspecified atom stereocenters. The molecule has 0 saturated carbocycles. The fourth-order valence-electron chi connectivity index (χ4n) is 3.80. The van der Waals surface area contributed by atoms with Crippen LogP contribution in [0.25, 0.3) is 0 Å². The number of Topliss-reactive ketones (excluding diaryl/α,β-unsaturated/α-hetero) is 1. The summed E-state index contributed by atoms with van der Waals surface area (Å²) in [7, 11) is 0.620. The van der Waals surface area contributed by atoms with Crippen LogP contribution in [0.2, 0.25) is 0 Å². The molecule has 10 heteroatoms. The topological polar surface area (TPSA) is 100 Å². The highest BCUT2D eigenvalue weighted by Crippen LogP contribution is 2.38. The Morgan fingerprint density at radius 1 is 1.18 bits per heavy atom. The monoisotopic (exact) mass is 491 g/mol. The molecule has 0 aromatic heterocycles. The summed E-state index contributed by atoms with van der Waals surface area (Å²) in [4.78, 5) is 14.8. The van der Waals surface area contributed by atoms with Gasteiger partial charge in [-0.15, -0.1) is 0 Å². The van der Waals surface area contributed by atoms with Crippen molar-refractivity contribution in [1.82, 2.24) is 4.90 Å². The van der Waals surface area contributed by atoms with Crippen LogP contribution in [0.15, 0.2) is 24.3 Å². The molecule has 184 valence electrons. The van der Waals surface area contributed by atoms with E-state index in [1.54, 1.807) is 18.2 Å². The number of hydrogen-bond donors (Lipinski definition) is 1. The van der Waals surface area contributed by atoms with Crippen LogP contribution in [0.5, 0.6) is 11.5 Å². The Hall–Kier alpha value is -3.14. The maximum absolute atomic E-state index is 15.0. The molecule has 2 aromatic carbocycles. The molecule has 0 spiro atoms. The highest BCUT2D eigenvalue weighted by Gasteiger charge is 2.33. The average Bonchev–Trinajstić information content (AvgIpc) is 3.06. The molecule has 8 nitrogen and oxygen atoms in total. The third-order valence-corrected chi connectivity index (χ3v) is 7.11. The van der Waals surface area contributed by atoms with Crippen LogP contribution in [-0.4, -0.2) is 59.0 Å². The van der Waals surface area contributed by atoms with Crippen molar-refractivity contribution in [2.24, 2.45) is 0 Å². The summed E-state index contributed by atoms with van der Waals surface area (Å²) < 4.78 is 50.7. The maximum Gasteiger partial charge on any atom is 0.231 e. The zero-order chi connectivity index (χ0) is 25.6. The molecule has 1 aliphatic rings. The van der Waals surface area contributed by atoms with Gasteiger partial charge in [0.25, 0.3) is 0 Å². The number of halogens is 1. The number of carbonyl (C=O) groups is 1. The van der Waals surface area contributed by atoms with Gasteiger partial charge in [-0.05, 0) is 40.8 Å². The Balaban J connectivity index is 1.96. The van der Waals surface area contributed by atoms with Gasteiger partial charge in [-0.2, -0.15) is 0 Å². The molecule has 1 heterocycles. The number of rotatable bonds is 7. The van der Waals surface area contributed by atoms with E-state index in [4.69, 9.17) is 14.9 Å². The van der Waals surface area contributed by atoms with Gasteiger partial charge in [-0.3, -0.25) is 14.5 Å². The van der Waals surface area contributed by atoms with Crippen LogP contribution < -0.4 is 13.8 Å². The molecule has 0 fully saturated rings. The standard InChI is InChI=1S/C24H30FN3O5S/c1-24(2,3)16-8-14(9-17(11-16)27(4)34(7,30)31)18(29)13-28-12-15-10-19(32-5)22(33-6)21(25)20(15)23(28)26/h8-11,26H,12-13H2,1-7H3. The lowest BCUT2D eigenvalue weighted by molar-refractivity contribution is 0.0962. The van der Waals surface area contributed by atoms with Gasteiger partial charge in [-0.25, -0.2) is 12.8 Å². The summed E-state index contributed by atoms with van der Waals surface area (Å²) >= 11 is 0. The number of fused-ring (bicyclic) bond motifs is 1. The van der Waals surface area contributed by atoms with Crippen LogP contribution in [-0.2, 0) is 22.0 Å². The summed E-state index contributed by atoms with van der Waals surface area (Å²) in [6.45, 7) is 5.89. The predicted molar refractivity (Wildman–Crippen MR) is 129 cm³/mol. The molecule has 1 aliphatic heterocycles. The number of nitrogens with zero attached hydrogens (tertiary/aromatic N) is 2. The highest BCUT2D eigenvalue weighted by atomic mass is 32.2. The van der Waals surface area contributed by atoms with Gasteiger partial charge in [0.2, 0.25) is 10.0 Å².